The Balaban J connectivity index is 1.86. The number of phenolic OH excluding ortho intramolecular Hbond substituents is 1. The molecule has 1 aromatic carbocycles. The molecule has 7 heteroatoms. The molecule has 0 saturated carbocycles. The summed E-state index contributed by atoms with van der Waals surface area (Å²) in [5, 5.41) is 12.6. The van der Waals surface area contributed by atoms with Crippen molar-refractivity contribution in [3.63, 3.8) is 0 Å². The van der Waals surface area contributed by atoms with Crippen molar-refractivity contribution in [2.24, 2.45) is 0 Å². The lowest BCUT2D eigenvalue weighted by Gasteiger charge is -2.08. The molecule has 0 saturated heterocycles. The monoisotopic (exact) mass is 259 g/mol. The van der Waals surface area contributed by atoms with E-state index in [1.807, 2.05) is 0 Å². The number of halogens is 1. The number of nitrogens with one attached hydrogen (secondary N) is 2. The first kappa shape index (κ1) is 11.4. The number of anilines is 1. The van der Waals surface area contributed by atoms with E-state index in [-0.39, 0.29) is 12.3 Å². The predicted octanol–water partition coefficient (Wildman–Crippen LogP) is 1.81. The molecule has 0 aliphatic carbocycles. The number of nitrogens with zero attached hydrogens (tertiary/aromatic N) is 3. The molecule has 3 N–H and O–H groups in total. The van der Waals surface area contributed by atoms with Gasteiger partial charge in [0.25, 0.3) is 0 Å². The van der Waals surface area contributed by atoms with Gasteiger partial charge in [-0.15, -0.1) is 0 Å². The van der Waals surface area contributed by atoms with Gasteiger partial charge in [0.1, 0.15) is 11.8 Å². The molecule has 3 aromatic rings. The Kier molecular flexibility index (Phi) is 2.71. The highest BCUT2D eigenvalue weighted by atomic mass is 19.1. The molecule has 2 heterocycles. The van der Waals surface area contributed by atoms with Gasteiger partial charge < -0.3 is 15.4 Å². The minimum absolute atomic E-state index is 0.245. The van der Waals surface area contributed by atoms with E-state index < -0.39 is 5.82 Å². The molecule has 96 valence electrons. The van der Waals surface area contributed by atoms with Crippen molar-refractivity contribution in [2.75, 3.05) is 5.32 Å². The minimum Gasteiger partial charge on any atom is -0.505 e. The van der Waals surface area contributed by atoms with Crippen molar-refractivity contribution in [3.8, 4) is 5.75 Å². The van der Waals surface area contributed by atoms with Gasteiger partial charge in [-0.2, -0.15) is 0 Å². The topological polar surface area (TPSA) is 86.7 Å². The zero-order valence-electron chi connectivity index (χ0n) is 9.76. The molecular weight excluding hydrogens is 249 g/mol. The summed E-state index contributed by atoms with van der Waals surface area (Å²) in [6, 6.07) is 4.38. The van der Waals surface area contributed by atoms with Crippen LogP contribution in [0.5, 0.6) is 5.75 Å². The second kappa shape index (κ2) is 4.52. The summed E-state index contributed by atoms with van der Waals surface area (Å²) in [7, 11) is 0. The number of aromatic amines is 1. The molecule has 0 aliphatic heterocycles. The van der Waals surface area contributed by atoms with E-state index in [1.165, 1.54) is 24.8 Å². The second-order valence-electron chi connectivity index (χ2n) is 3.92. The van der Waals surface area contributed by atoms with Gasteiger partial charge in [0.2, 0.25) is 0 Å². The molecular formula is C12H10FN5O. The van der Waals surface area contributed by atoms with Crippen LogP contribution in [-0.2, 0) is 6.54 Å². The van der Waals surface area contributed by atoms with Crippen LogP contribution in [0.2, 0.25) is 0 Å². The minimum atomic E-state index is -0.645. The predicted molar refractivity (Wildman–Crippen MR) is 67.1 cm³/mol. The van der Waals surface area contributed by atoms with Crippen LogP contribution >= 0.6 is 0 Å². The third-order valence-electron chi connectivity index (χ3n) is 2.74. The van der Waals surface area contributed by atoms with E-state index in [0.29, 0.717) is 22.5 Å². The van der Waals surface area contributed by atoms with Gasteiger partial charge in [0.05, 0.1) is 6.33 Å². The van der Waals surface area contributed by atoms with Crippen LogP contribution in [0.25, 0.3) is 11.2 Å². The van der Waals surface area contributed by atoms with Gasteiger partial charge in [0.15, 0.2) is 23.0 Å². The number of fused-ring (bicyclic) bond motifs is 1. The van der Waals surface area contributed by atoms with Crippen LogP contribution < -0.4 is 5.32 Å². The Hall–Kier alpha value is -2.70. The molecule has 0 unspecified atom stereocenters. The normalized spacial score (nSPS) is 10.8. The number of aromatic nitrogens is 4. The Morgan fingerprint density at radius 3 is 3.05 bits per heavy atom. The number of benzene rings is 1. The first-order chi connectivity index (χ1) is 9.25. The van der Waals surface area contributed by atoms with E-state index in [2.05, 4.69) is 25.3 Å². The number of hydrogen-bond donors (Lipinski definition) is 3. The van der Waals surface area contributed by atoms with Crippen molar-refractivity contribution >= 4 is 17.0 Å². The molecule has 0 bridgehead atoms. The molecule has 0 spiro atoms. The SMILES string of the molecule is Oc1c(F)cccc1CNc1ncnc2nc[nH]c12. The highest BCUT2D eigenvalue weighted by Crippen LogP contribution is 2.22. The Labute approximate surface area is 107 Å². The second-order valence-corrected chi connectivity index (χ2v) is 3.92. The molecule has 0 aliphatic rings. The van der Waals surface area contributed by atoms with Gasteiger partial charge in [-0.05, 0) is 6.07 Å². The Morgan fingerprint density at radius 2 is 2.16 bits per heavy atom. The largest absolute Gasteiger partial charge is 0.505 e. The van der Waals surface area contributed by atoms with Crippen LogP contribution in [0.1, 0.15) is 5.56 Å². The lowest BCUT2D eigenvalue weighted by molar-refractivity contribution is 0.426. The fraction of sp³-hybridized carbons (Fsp3) is 0.0833. The van der Waals surface area contributed by atoms with Crippen molar-refractivity contribution in [1.82, 2.24) is 19.9 Å². The van der Waals surface area contributed by atoms with Gasteiger partial charge in [-0.1, -0.05) is 12.1 Å². The smallest absolute Gasteiger partial charge is 0.182 e. The average Bonchev–Trinajstić information content (AvgIpc) is 2.89. The van der Waals surface area contributed by atoms with E-state index in [1.54, 1.807) is 6.07 Å². The standard InChI is InChI=1S/C12H10FN5O/c13-8-3-1-2-7(10(8)19)4-14-11-9-12(16-5-15-9)18-6-17-11/h1-3,5-6,19H,4H2,(H2,14,15,16,17,18). The number of imidazole rings is 1. The number of phenols is 1. The summed E-state index contributed by atoms with van der Waals surface area (Å²) in [4.78, 5) is 15.0. The maximum Gasteiger partial charge on any atom is 0.182 e. The van der Waals surface area contributed by atoms with E-state index in [9.17, 15) is 9.50 Å². The molecule has 3 rings (SSSR count). The van der Waals surface area contributed by atoms with Crippen molar-refractivity contribution in [1.29, 1.82) is 0 Å². The summed E-state index contributed by atoms with van der Waals surface area (Å²) in [6.07, 6.45) is 2.90. The molecule has 0 atom stereocenters. The lowest BCUT2D eigenvalue weighted by Crippen LogP contribution is -2.03. The molecule has 0 radical (unpaired) electrons. The zero-order valence-corrected chi connectivity index (χ0v) is 9.76. The van der Waals surface area contributed by atoms with E-state index >= 15 is 0 Å². The number of rotatable bonds is 3. The Morgan fingerprint density at radius 1 is 1.26 bits per heavy atom. The first-order valence-corrected chi connectivity index (χ1v) is 5.60. The van der Waals surface area contributed by atoms with Crippen molar-refractivity contribution in [3.05, 3.63) is 42.2 Å². The fourth-order valence-corrected chi connectivity index (χ4v) is 1.78. The van der Waals surface area contributed by atoms with Crippen molar-refractivity contribution < 1.29 is 9.50 Å². The van der Waals surface area contributed by atoms with Crippen LogP contribution in [0.4, 0.5) is 10.2 Å². The highest BCUT2D eigenvalue weighted by Gasteiger charge is 2.09. The molecule has 19 heavy (non-hydrogen) atoms. The Bertz CT molecular complexity index is 727. The first-order valence-electron chi connectivity index (χ1n) is 5.60. The van der Waals surface area contributed by atoms with Crippen LogP contribution in [0, 0.1) is 5.82 Å². The fourth-order valence-electron chi connectivity index (χ4n) is 1.78. The summed E-state index contributed by atoms with van der Waals surface area (Å²) in [6.45, 7) is 0.245. The third kappa shape index (κ3) is 2.05. The molecule has 2 aromatic heterocycles. The van der Waals surface area contributed by atoms with Crippen LogP contribution in [0.15, 0.2) is 30.9 Å². The quantitative estimate of drug-likeness (QED) is 0.667. The van der Waals surface area contributed by atoms with Gasteiger partial charge >= 0.3 is 0 Å². The molecule has 0 amide bonds. The molecule has 6 nitrogen and oxygen atoms in total. The maximum absolute atomic E-state index is 13.2. The van der Waals surface area contributed by atoms with E-state index in [0.717, 1.165) is 0 Å². The summed E-state index contributed by atoms with van der Waals surface area (Å²) < 4.78 is 13.2. The maximum atomic E-state index is 13.2. The number of para-hydroxylation sites is 1. The number of hydrogen-bond acceptors (Lipinski definition) is 5. The number of aromatic hydroxyl groups is 1. The average molecular weight is 259 g/mol. The zero-order chi connectivity index (χ0) is 13.2. The van der Waals surface area contributed by atoms with Gasteiger partial charge in [-0.25, -0.2) is 19.3 Å². The highest BCUT2D eigenvalue weighted by molar-refractivity contribution is 5.81. The number of H-pyrrole nitrogens is 1. The summed E-state index contributed by atoms with van der Waals surface area (Å²) >= 11 is 0. The van der Waals surface area contributed by atoms with Gasteiger partial charge in [-0.3, -0.25) is 0 Å². The van der Waals surface area contributed by atoms with Crippen molar-refractivity contribution in [2.45, 2.75) is 6.54 Å². The van der Waals surface area contributed by atoms with Gasteiger partial charge in [0, 0.05) is 12.1 Å². The summed E-state index contributed by atoms with van der Waals surface area (Å²) in [5.74, 6) is -0.454. The summed E-state index contributed by atoms with van der Waals surface area (Å²) in [5.41, 5.74) is 1.66. The third-order valence-corrected chi connectivity index (χ3v) is 2.74. The van der Waals surface area contributed by atoms with Crippen LogP contribution in [-0.4, -0.2) is 25.0 Å². The van der Waals surface area contributed by atoms with Crippen LogP contribution in [0.3, 0.4) is 0 Å². The lowest BCUT2D eigenvalue weighted by atomic mass is 10.2. The molecule has 0 fully saturated rings. The van der Waals surface area contributed by atoms with E-state index in [4.69, 9.17) is 0 Å².